The van der Waals surface area contributed by atoms with Gasteiger partial charge in [0.1, 0.15) is 5.75 Å². The van der Waals surface area contributed by atoms with Gasteiger partial charge in [0, 0.05) is 27.1 Å². The fraction of sp³-hybridized carbons (Fsp3) is 0.462. The smallest absolute Gasteiger partial charge is 0.222 e. The van der Waals surface area contributed by atoms with Crippen LogP contribution in [-0.4, -0.2) is 31.5 Å². The van der Waals surface area contributed by atoms with Crippen LogP contribution in [0.2, 0.25) is 0 Å². The molecular formula is C13H19N2O2. The molecule has 1 aromatic rings. The summed E-state index contributed by atoms with van der Waals surface area (Å²) in [7, 11) is 3.51. The van der Waals surface area contributed by atoms with E-state index in [1.54, 1.807) is 25.1 Å². The Balaban J connectivity index is 2.28. The van der Waals surface area contributed by atoms with Crippen molar-refractivity contribution < 1.29 is 9.53 Å². The van der Waals surface area contributed by atoms with E-state index in [9.17, 15) is 4.79 Å². The van der Waals surface area contributed by atoms with Crippen LogP contribution in [-0.2, 0) is 11.3 Å². The van der Waals surface area contributed by atoms with E-state index in [1.807, 2.05) is 12.1 Å². The van der Waals surface area contributed by atoms with Crippen LogP contribution < -0.4 is 10.5 Å². The maximum Gasteiger partial charge on any atom is 0.222 e. The van der Waals surface area contributed by atoms with Gasteiger partial charge in [0.05, 0.1) is 6.61 Å². The van der Waals surface area contributed by atoms with Crippen LogP contribution in [0.5, 0.6) is 5.75 Å². The molecule has 0 aromatic heterocycles. The van der Waals surface area contributed by atoms with Crippen LogP contribution in [0.1, 0.15) is 18.4 Å². The summed E-state index contributed by atoms with van der Waals surface area (Å²) in [6.07, 6.45) is 1.23. The lowest BCUT2D eigenvalue weighted by Gasteiger charge is -2.10. The number of carbonyl (C=O) groups is 1. The highest BCUT2D eigenvalue weighted by atomic mass is 16.5. The molecule has 0 fully saturated rings. The molecule has 93 valence electrons. The number of hydrogen-bond donors (Lipinski definition) is 1. The van der Waals surface area contributed by atoms with Crippen molar-refractivity contribution >= 4 is 5.91 Å². The quantitative estimate of drug-likeness (QED) is 0.754. The fourth-order valence-corrected chi connectivity index (χ4v) is 1.34. The van der Waals surface area contributed by atoms with Crippen molar-refractivity contribution in [1.29, 1.82) is 0 Å². The number of ether oxygens (including phenoxy) is 1. The molecule has 0 aliphatic rings. The van der Waals surface area contributed by atoms with Gasteiger partial charge in [-0.05, 0) is 30.2 Å². The molecule has 1 aromatic carbocycles. The Morgan fingerprint density at radius 3 is 2.94 bits per heavy atom. The third kappa shape index (κ3) is 4.87. The number of amides is 1. The van der Waals surface area contributed by atoms with Gasteiger partial charge in [0.2, 0.25) is 5.91 Å². The molecule has 0 atom stereocenters. The Kier molecular flexibility index (Phi) is 5.49. The number of hydrogen-bond acceptors (Lipinski definition) is 3. The van der Waals surface area contributed by atoms with Crippen LogP contribution in [0.3, 0.4) is 0 Å². The van der Waals surface area contributed by atoms with Gasteiger partial charge in [0.15, 0.2) is 0 Å². The molecule has 0 aliphatic carbocycles. The van der Waals surface area contributed by atoms with Gasteiger partial charge >= 0.3 is 0 Å². The first kappa shape index (κ1) is 13.5. The van der Waals surface area contributed by atoms with E-state index in [2.05, 4.69) is 6.07 Å². The maximum atomic E-state index is 11.3. The van der Waals surface area contributed by atoms with E-state index >= 15 is 0 Å². The average molecular weight is 235 g/mol. The number of rotatable bonds is 6. The second-order valence-electron chi connectivity index (χ2n) is 3.99. The summed E-state index contributed by atoms with van der Waals surface area (Å²) < 4.78 is 5.53. The van der Waals surface area contributed by atoms with Crippen molar-refractivity contribution in [2.45, 2.75) is 19.4 Å². The van der Waals surface area contributed by atoms with Crippen LogP contribution in [0.25, 0.3) is 0 Å². The van der Waals surface area contributed by atoms with Gasteiger partial charge in [-0.2, -0.15) is 0 Å². The van der Waals surface area contributed by atoms with Crippen LogP contribution in [0.15, 0.2) is 18.2 Å². The summed E-state index contributed by atoms with van der Waals surface area (Å²) in [4.78, 5) is 12.9. The first-order chi connectivity index (χ1) is 8.13. The highest BCUT2D eigenvalue weighted by molar-refractivity contribution is 5.75. The summed E-state index contributed by atoms with van der Waals surface area (Å²) in [5.41, 5.74) is 6.43. The predicted octanol–water partition coefficient (Wildman–Crippen LogP) is 1.19. The molecule has 1 rings (SSSR count). The number of nitrogens with zero attached hydrogens (tertiary/aromatic N) is 1. The first-order valence-corrected chi connectivity index (χ1v) is 5.67. The second-order valence-corrected chi connectivity index (χ2v) is 3.99. The minimum atomic E-state index is 0.123. The maximum absolute atomic E-state index is 11.3. The lowest BCUT2D eigenvalue weighted by Crippen LogP contribution is -2.21. The van der Waals surface area contributed by atoms with E-state index in [-0.39, 0.29) is 5.91 Å². The molecule has 1 radical (unpaired) electrons. The molecule has 2 N–H and O–H groups in total. The monoisotopic (exact) mass is 235 g/mol. The molecule has 0 heterocycles. The van der Waals surface area contributed by atoms with E-state index in [1.165, 1.54) is 0 Å². The zero-order chi connectivity index (χ0) is 12.7. The van der Waals surface area contributed by atoms with Gasteiger partial charge in [-0.25, -0.2) is 0 Å². The van der Waals surface area contributed by atoms with Crippen molar-refractivity contribution in [1.82, 2.24) is 4.90 Å². The van der Waals surface area contributed by atoms with Crippen LogP contribution in [0.4, 0.5) is 0 Å². The molecule has 1 amide bonds. The van der Waals surface area contributed by atoms with Crippen molar-refractivity contribution in [2.75, 3.05) is 20.7 Å². The Morgan fingerprint density at radius 1 is 1.53 bits per heavy atom. The normalized spacial score (nSPS) is 10.1. The third-order valence-electron chi connectivity index (χ3n) is 2.36. The minimum absolute atomic E-state index is 0.123. The van der Waals surface area contributed by atoms with Crippen molar-refractivity contribution in [2.24, 2.45) is 5.73 Å². The van der Waals surface area contributed by atoms with Crippen molar-refractivity contribution in [3.05, 3.63) is 29.8 Å². The Labute approximate surface area is 102 Å². The fourth-order valence-electron chi connectivity index (χ4n) is 1.34. The van der Waals surface area contributed by atoms with E-state index in [0.29, 0.717) is 26.0 Å². The standard InChI is InChI=1S/C13H19N2O2/c1-15(2)13(16)7-4-8-17-12-6-3-5-11(9-12)10-14/h3,6,9H,4,7-8,10,14H2,1-2H3. The predicted molar refractivity (Wildman–Crippen MR) is 66.6 cm³/mol. The van der Waals surface area contributed by atoms with Crippen LogP contribution >= 0.6 is 0 Å². The molecular weight excluding hydrogens is 216 g/mol. The Bertz CT molecular complexity index is 364. The molecule has 0 bridgehead atoms. The summed E-state index contributed by atoms with van der Waals surface area (Å²) in [5, 5.41) is 0. The first-order valence-electron chi connectivity index (χ1n) is 5.67. The third-order valence-corrected chi connectivity index (χ3v) is 2.36. The molecule has 0 saturated heterocycles. The summed E-state index contributed by atoms with van der Waals surface area (Å²) in [5.74, 6) is 0.902. The molecule has 0 saturated carbocycles. The number of benzene rings is 1. The number of nitrogens with two attached hydrogens (primary N) is 1. The second kappa shape index (κ2) is 6.91. The lowest BCUT2D eigenvalue weighted by molar-refractivity contribution is -0.128. The highest BCUT2D eigenvalue weighted by Gasteiger charge is 2.03. The zero-order valence-corrected chi connectivity index (χ0v) is 10.4. The van der Waals surface area contributed by atoms with Gasteiger partial charge < -0.3 is 15.4 Å². The van der Waals surface area contributed by atoms with E-state index in [4.69, 9.17) is 10.5 Å². The molecule has 0 aliphatic heterocycles. The van der Waals surface area contributed by atoms with Gasteiger partial charge in [-0.15, -0.1) is 0 Å². The molecule has 0 spiro atoms. The molecule has 0 unspecified atom stereocenters. The summed E-state index contributed by atoms with van der Waals surface area (Å²) in [6.45, 7) is 0.990. The van der Waals surface area contributed by atoms with Gasteiger partial charge in [-0.1, -0.05) is 6.07 Å². The minimum Gasteiger partial charge on any atom is -0.494 e. The average Bonchev–Trinajstić information content (AvgIpc) is 2.34. The summed E-state index contributed by atoms with van der Waals surface area (Å²) in [6, 6.07) is 8.52. The molecule has 4 heteroatoms. The SMILES string of the molecule is CN(C)C(=O)CCCOc1cc[c]c(CN)c1. The number of carbonyl (C=O) groups excluding carboxylic acids is 1. The van der Waals surface area contributed by atoms with Crippen molar-refractivity contribution in [3.63, 3.8) is 0 Å². The Morgan fingerprint density at radius 2 is 2.29 bits per heavy atom. The molecule has 4 nitrogen and oxygen atoms in total. The van der Waals surface area contributed by atoms with E-state index in [0.717, 1.165) is 11.3 Å². The largest absolute Gasteiger partial charge is 0.494 e. The van der Waals surface area contributed by atoms with E-state index < -0.39 is 0 Å². The van der Waals surface area contributed by atoms with Gasteiger partial charge in [-0.3, -0.25) is 4.79 Å². The lowest BCUT2D eigenvalue weighted by atomic mass is 10.2. The topological polar surface area (TPSA) is 55.6 Å². The van der Waals surface area contributed by atoms with Crippen molar-refractivity contribution in [3.8, 4) is 5.75 Å². The molecule has 17 heavy (non-hydrogen) atoms. The van der Waals surface area contributed by atoms with Gasteiger partial charge in [0.25, 0.3) is 0 Å². The summed E-state index contributed by atoms with van der Waals surface area (Å²) >= 11 is 0. The zero-order valence-electron chi connectivity index (χ0n) is 10.4. The highest BCUT2D eigenvalue weighted by Crippen LogP contribution is 2.12. The Hall–Kier alpha value is -1.55. The van der Waals surface area contributed by atoms with Crippen LogP contribution in [0, 0.1) is 6.07 Å².